The van der Waals surface area contributed by atoms with Crippen LogP contribution < -0.4 is 9.51 Å². The Morgan fingerprint density at radius 1 is 1.05 bits per heavy atom. The molecule has 4 aromatic rings. The highest BCUT2D eigenvalue weighted by atomic mass is 19.4. The smallest absolute Gasteiger partial charge is 0.430 e. The number of fused-ring (bicyclic) bond motifs is 2. The van der Waals surface area contributed by atoms with Crippen molar-refractivity contribution < 1.29 is 41.8 Å². The predicted molar refractivity (Wildman–Crippen MR) is 138 cm³/mol. The fourth-order valence-corrected chi connectivity index (χ4v) is 6.05. The molecule has 42 heavy (non-hydrogen) atoms. The number of H-pyrrole nitrogens is 1. The first kappa shape index (κ1) is 29.1. The van der Waals surface area contributed by atoms with E-state index in [4.69, 9.17) is 9.90 Å². The summed E-state index contributed by atoms with van der Waals surface area (Å²) in [5, 5.41) is 20.6. The van der Waals surface area contributed by atoms with Gasteiger partial charge in [0.2, 0.25) is 17.0 Å². The molecule has 13 heteroatoms. The first-order valence-electron chi connectivity index (χ1n) is 13.4. The Hall–Kier alpha value is -4.39. The lowest BCUT2D eigenvalue weighted by Gasteiger charge is -2.52. The number of aliphatic hydroxyl groups is 1. The van der Waals surface area contributed by atoms with Gasteiger partial charge in [0.1, 0.15) is 5.97 Å². The van der Waals surface area contributed by atoms with E-state index < -0.39 is 23.6 Å². The molecule has 1 amide bonds. The van der Waals surface area contributed by atoms with Gasteiger partial charge in [-0.15, -0.1) is 0 Å². The van der Waals surface area contributed by atoms with Crippen molar-refractivity contribution in [1.82, 2.24) is 19.9 Å². The van der Waals surface area contributed by atoms with Gasteiger partial charge in [0.15, 0.2) is 5.82 Å². The predicted octanol–water partition coefficient (Wildman–Crippen LogP) is 2.94. The number of halogens is 4. The Morgan fingerprint density at radius 3 is 2.38 bits per heavy atom. The number of carboxylic acids is 1. The second kappa shape index (κ2) is 11.5. The van der Waals surface area contributed by atoms with E-state index in [2.05, 4.69) is 15.0 Å². The molecule has 2 N–H and O–H groups in total. The molecule has 1 aromatic carbocycles. The molecule has 3 aromatic heterocycles. The summed E-state index contributed by atoms with van der Waals surface area (Å²) in [6.45, 7) is 0.416. The standard InChI is InChI=1S/C27H26FN5O2.C2HF3O2/c28-20-11-6-16-33-23(20)22(24-29-14-7-15-30-24)31-25(33)26(34)32-17-13-27(35,18-8-2-1-3-9-18)19-10-4-5-12-21(19)32;3-2(4,5)1(6)7/h1-3,6-9,11,14-16,19,21,35H,4-5,10,12-13,17H2;(H,6,7)/t19-,21+,27?;/m1./s1. The molecule has 6 rings (SSSR count). The van der Waals surface area contributed by atoms with Crippen molar-refractivity contribution in [1.29, 1.82) is 0 Å². The molecule has 9 nitrogen and oxygen atoms in total. The minimum atomic E-state index is -5.19. The van der Waals surface area contributed by atoms with Gasteiger partial charge in [0.25, 0.3) is 0 Å². The maximum Gasteiger partial charge on any atom is 0.430 e. The third kappa shape index (κ3) is 5.43. The van der Waals surface area contributed by atoms with Gasteiger partial charge in [-0.3, -0.25) is 4.79 Å². The summed E-state index contributed by atoms with van der Waals surface area (Å²) in [6.07, 6.45) is 3.83. The molecular formula is C29H27F4N5O4. The van der Waals surface area contributed by atoms with Gasteiger partial charge in [-0.2, -0.15) is 17.6 Å². The third-order valence-corrected chi connectivity index (χ3v) is 7.90. The Balaban J connectivity index is 0.000000451. The maximum absolute atomic E-state index is 15.0. The number of aromatic amines is 1. The van der Waals surface area contributed by atoms with Crippen LogP contribution >= 0.6 is 0 Å². The molecule has 1 aliphatic carbocycles. The molecule has 2 aliphatic rings. The number of alkyl halides is 3. The summed E-state index contributed by atoms with van der Waals surface area (Å²) in [5.41, 5.74) is 0.544. The minimum absolute atomic E-state index is 0.0590. The van der Waals surface area contributed by atoms with Crippen LogP contribution in [0.2, 0.25) is 0 Å². The number of amides is 1. The lowest BCUT2D eigenvalue weighted by molar-refractivity contribution is -0.515. The Bertz CT molecular complexity index is 1580. The van der Waals surface area contributed by atoms with Crippen LogP contribution in [0.5, 0.6) is 0 Å². The first-order valence-corrected chi connectivity index (χ1v) is 13.4. The van der Waals surface area contributed by atoms with E-state index in [0.29, 0.717) is 24.5 Å². The number of nitrogens with zero attached hydrogens (tertiary/aromatic N) is 4. The molecule has 1 saturated carbocycles. The van der Waals surface area contributed by atoms with E-state index in [1.54, 1.807) is 35.1 Å². The van der Waals surface area contributed by atoms with Crippen molar-refractivity contribution in [2.24, 2.45) is 5.92 Å². The zero-order valence-corrected chi connectivity index (χ0v) is 22.2. The van der Waals surface area contributed by atoms with E-state index in [1.165, 1.54) is 6.07 Å². The number of rotatable bonds is 3. The number of likely N-dealkylation sites (tertiary alicyclic amines) is 1. The van der Waals surface area contributed by atoms with Gasteiger partial charge in [0, 0.05) is 30.9 Å². The van der Waals surface area contributed by atoms with E-state index in [1.807, 2.05) is 35.2 Å². The summed E-state index contributed by atoms with van der Waals surface area (Å²) in [4.78, 5) is 36.3. The van der Waals surface area contributed by atoms with Crippen LogP contribution in [0.15, 0.2) is 67.1 Å². The van der Waals surface area contributed by atoms with Gasteiger partial charge in [0.05, 0.1) is 11.8 Å². The maximum atomic E-state index is 15.0. The highest BCUT2D eigenvalue weighted by molar-refractivity contribution is 5.91. The lowest BCUT2D eigenvalue weighted by atomic mass is 9.66. The molecule has 220 valence electrons. The first-order chi connectivity index (χ1) is 20.0. The number of nitrogens with one attached hydrogen (secondary N) is 1. The van der Waals surface area contributed by atoms with Crippen molar-refractivity contribution in [2.75, 3.05) is 6.54 Å². The molecule has 1 aliphatic heterocycles. The van der Waals surface area contributed by atoms with Crippen molar-refractivity contribution >= 4 is 17.4 Å². The monoisotopic (exact) mass is 585 g/mol. The largest absolute Gasteiger partial charge is 0.542 e. The normalized spacial score (nSPS) is 22.2. The van der Waals surface area contributed by atoms with Crippen molar-refractivity contribution in [3.05, 3.63) is 84.3 Å². The second-order valence-corrected chi connectivity index (χ2v) is 10.3. The Kier molecular flexibility index (Phi) is 7.95. The molecule has 0 radical (unpaired) electrons. The molecule has 0 spiro atoms. The second-order valence-electron chi connectivity index (χ2n) is 10.3. The van der Waals surface area contributed by atoms with Crippen LogP contribution in [0.25, 0.3) is 17.0 Å². The Morgan fingerprint density at radius 2 is 1.71 bits per heavy atom. The highest BCUT2D eigenvalue weighted by Gasteiger charge is 2.51. The number of piperidine rings is 1. The quantitative estimate of drug-likeness (QED) is 0.281. The number of aliphatic carboxylic acids is 1. The van der Waals surface area contributed by atoms with Crippen molar-refractivity contribution in [2.45, 2.75) is 49.9 Å². The number of pyridine rings is 1. The minimum Gasteiger partial charge on any atom is -0.542 e. The van der Waals surface area contributed by atoms with Crippen LogP contribution in [0.3, 0.4) is 0 Å². The fraction of sp³-hybridized carbons (Fsp3) is 0.345. The topological polar surface area (TPSA) is 126 Å². The van der Waals surface area contributed by atoms with E-state index in [0.717, 1.165) is 31.2 Å². The number of hydrogen-bond donors (Lipinski definition) is 2. The number of carboxylic acid groups (broad SMARTS) is 1. The number of benzene rings is 1. The summed E-state index contributed by atoms with van der Waals surface area (Å²) in [6, 6.07) is 14.3. The number of carbonyl (C=O) groups is 2. The van der Waals surface area contributed by atoms with Gasteiger partial charge in [-0.05, 0) is 43.0 Å². The van der Waals surface area contributed by atoms with Crippen molar-refractivity contribution in [3.63, 3.8) is 0 Å². The van der Waals surface area contributed by atoms with Crippen LogP contribution in [0.1, 0.15) is 48.3 Å². The zero-order valence-electron chi connectivity index (χ0n) is 22.2. The van der Waals surface area contributed by atoms with Crippen molar-refractivity contribution in [3.8, 4) is 11.5 Å². The molecular weight excluding hydrogens is 558 g/mol. The van der Waals surface area contributed by atoms with E-state index >= 15 is 0 Å². The van der Waals surface area contributed by atoms with Crippen LogP contribution in [-0.2, 0) is 10.4 Å². The molecule has 1 unspecified atom stereocenters. The van der Waals surface area contributed by atoms with Gasteiger partial charge in [-0.25, -0.2) is 19.3 Å². The van der Waals surface area contributed by atoms with Gasteiger partial charge >= 0.3 is 17.9 Å². The average molecular weight is 586 g/mol. The average Bonchev–Trinajstić information content (AvgIpc) is 3.39. The molecule has 2 fully saturated rings. The number of imidazole rings is 1. The Labute approximate surface area is 237 Å². The molecule has 1 saturated heterocycles. The van der Waals surface area contributed by atoms with Crippen LogP contribution in [-0.4, -0.2) is 55.6 Å². The van der Waals surface area contributed by atoms with Gasteiger partial charge < -0.3 is 19.9 Å². The number of hydrogen-bond acceptors (Lipinski definition) is 6. The number of carbonyl (C=O) groups excluding carboxylic acids is 2. The third-order valence-electron chi connectivity index (χ3n) is 7.90. The van der Waals surface area contributed by atoms with Gasteiger partial charge in [-0.1, -0.05) is 43.2 Å². The molecule has 3 atom stereocenters. The molecule has 4 heterocycles. The zero-order chi connectivity index (χ0) is 30.1. The SMILES string of the molecule is O=C([O-])C(F)(F)F.O=C(c1[nH]c(-c2ncccn2)c2c(F)ccc[n+]12)N1CCC(O)(c2ccccc2)[C@@H]2CCCC[C@@H]21. The molecule has 0 bridgehead atoms. The van der Waals surface area contributed by atoms with Crippen LogP contribution in [0, 0.1) is 11.7 Å². The highest BCUT2D eigenvalue weighted by Crippen LogP contribution is 2.47. The van der Waals surface area contributed by atoms with Crippen LogP contribution in [0.4, 0.5) is 17.6 Å². The summed E-state index contributed by atoms with van der Waals surface area (Å²) in [5.74, 6) is -3.15. The van der Waals surface area contributed by atoms with E-state index in [-0.39, 0.29) is 29.2 Å². The lowest BCUT2D eigenvalue weighted by Crippen LogP contribution is -2.59. The number of aromatic nitrogens is 4. The van der Waals surface area contributed by atoms with E-state index in [9.17, 15) is 27.5 Å². The summed E-state index contributed by atoms with van der Waals surface area (Å²) >= 11 is 0. The summed E-state index contributed by atoms with van der Waals surface area (Å²) in [7, 11) is 0. The fourth-order valence-electron chi connectivity index (χ4n) is 6.05. The summed E-state index contributed by atoms with van der Waals surface area (Å²) < 4.78 is 48.1.